The van der Waals surface area contributed by atoms with Crippen LogP contribution in [0.4, 0.5) is 11.4 Å². The van der Waals surface area contributed by atoms with Gasteiger partial charge in [-0.25, -0.2) is 4.98 Å². The fourth-order valence-electron chi connectivity index (χ4n) is 1.89. The van der Waals surface area contributed by atoms with Crippen molar-refractivity contribution in [2.24, 2.45) is 0 Å². The van der Waals surface area contributed by atoms with Crippen LogP contribution in [0, 0.1) is 17.0 Å². The molecule has 1 aromatic carbocycles. The largest absolute Gasteiger partial charge is 0.372 e. The smallest absolute Gasteiger partial charge is 0.293 e. The fraction of sp³-hybridized carbons (Fsp3) is 0.167. The maximum Gasteiger partial charge on any atom is 0.293 e. The summed E-state index contributed by atoms with van der Waals surface area (Å²) in [5.41, 5.74) is 1.20. The number of hydrogen-bond acceptors (Lipinski definition) is 7. The third-order valence-electron chi connectivity index (χ3n) is 2.75. The maximum absolute atomic E-state index is 11.1. The lowest BCUT2D eigenvalue weighted by Gasteiger charge is -2.05. The zero-order valence-corrected chi connectivity index (χ0v) is 11.3. The molecule has 0 spiro atoms. The summed E-state index contributed by atoms with van der Waals surface area (Å²) in [7, 11) is 0. The van der Waals surface area contributed by atoms with Gasteiger partial charge in [-0.05, 0) is 13.0 Å². The SMILES string of the molecule is Cc1nc2cc(NCc3ccno3)c([N+](=O)[O-])cc2s1. The van der Waals surface area contributed by atoms with Crippen molar-refractivity contribution in [3.05, 3.63) is 45.3 Å². The molecule has 20 heavy (non-hydrogen) atoms. The second-order valence-electron chi connectivity index (χ2n) is 4.16. The summed E-state index contributed by atoms with van der Waals surface area (Å²) in [6.45, 7) is 2.20. The number of anilines is 1. The third-order valence-corrected chi connectivity index (χ3v) is 3.69. The first-order valence-corrected chi connectivity index (χ1v) is 6.64. The predicted octanol–water partition coefficient (Wildman–Crippen LogP) is 3.11. The van der Waals surface area contributed by atoms with Gasteiger partial charge >= 0.3 is 0 Å². The monoisotopic (exact) mass is 290 g/mol. The molecule has 3 rings (SSSR count). The van der Waals surface area contributed by atoms with Crippen LogP contribution in [0.5, 0.6) is 0 Å². The van der Waals surface area contributed by atoms with E-state index in [1.807, 2.05) is 6.92 Å². The van der Waals surface area contributed by atoms with E-state index in [9.17, 15) is 10.1 Å². The van der Waals surface area contributed by atoms with Gasteiger partial charge in [0.1, 0.15) is 5.69 Å². The Morgan fingerprint density at radius 1 is 1.50 bits per heavy atom. The van der Waals surface area contributed by atoms with Gasteiger partial charge in [-0.3, -0.25) is 10.1 Å². The molecule has 0 bridgehead atoms. The van der Waals surface area contributed by atoms with E-state index in [1.54, 1.807) is 18.2 Å². The Bertz CT molecular complexity index is 766. The molecule has 1 N–H and O–H groups in total. The molecule has 0 fully saturated rings. The van der Waals surface area contributed by atoms with Crippen molar-refractivity contribution in [3.8, 4) is 0 Å². The van der Waals surface area contributed by atoms with Crippen molar-refractivity contribution in [1.82, 2.24) is 10.1 Å². The highest BCUT2D eigenvalue weighted by molar-refractivity contribution is 7.18. The van der Waals surface area contributed by atoms with Gasteiger partial charge in [-0.1, -0.05) is 5.16 Å². The van der Waals surface area contributed by atoms with Gasteiger partial charge < -0.3 is 9.84 Å². The summed E-state index contributed by atoms with van der Waals surface area (Å²) < 4.78 is 5.76. The Labute approximate surface area is 117 Å². The van der Waals surface area contributed by atoms with Crippen LogP contribution < -0.4 is 5.32 Å². The van der Waals surface area contributed by atoms with E-state index in [2.05, 4.69) is 15.5 Å². The van der Waals surface area contributed by atoms with Crippen LogP contribution in [0.2, 0.25) is 0 Å². The average Bonchev–Trinajstić information content (AvgIpc) is 3.02. The molecule has 7 nitrogen and oxygen atoms in total. The molecule has 2 heterocycles. The first kappa shape index (κ1) is 12.5. The van der Waals surface area contributed by atoms with Gasteiger partial charge in [0.05, 0.1) is 32.9 Å². The van der Waals surface area contributed by atoms with E-state index in [4.69, 9.17) is 4.52 Å². The highest BCUT2D eigenvalue weighted by Gasteiger charge is 2.17. The lowest BCUT2D eigenvalue weighted by Crippen LogP contribution is -2.02. The second kappa shape index (κ2) is 4.89. The van der Waals surface area contributed by atoms with Crippen LogP contribution in [-0.2, 0) is 6.54 Å². The second-order valence-corrected chi connectivity index (χ2v) is 5.39. The van der Waals surface area contributed by atoms with Gasteiger partial charge in [0.25, 0.3) is 5.69 Å². The number of hydrogen-bond donors (Lipinski definition) is 1. The number of nitrogens with one attached hydrogen (secondary N) is 1. The Morgan fingerprint density at radius 2 is 2.35 bits per heavy atom. The lowest BCUT2D eigenvalue weighted by molar-refractivity contribution is -0.383. The molecular weight excluding hydrogens is 280 g/mol. The van der Waals surface area contributed by atoms with Crippen molar-refractivity contribution < 1.29 is 9.45 Å². The number of aryl methyl sites for hydroxylation is 1. The summed E-state index contributed by atoms with van der Waals surface area (Å²) >= 11 is 1.44. The minimum absolute atomic E-state index is 0.0284. The molecule has 102 valence electrons. The molecule has 0 aliphatic heterocycles. The van der Waals surface area contributed by atoms with E-state index < -0.39 is 4.92 Å². The van der Waals surface area contributed by atoms with E-state index >= 15 is 0 Å². The number of thiazole rings is 1. The molecule has 0 aliphatic carbocycles. The molecule has 0 saturated carbocycles. The zero-order chi connectivity index (χ0) is 14.1. The van der Waals surface area contributed by atoms with Gasteiger partial charge in [-0.15, -0.1) is 11.3 Å². The van der Waals surface area contributed by atoms with Crippen LogP contribution in [0.3, 0.4) is 0 Å². The number of nitrogens with zero attached hydrogens (tertiary/aromatic N) is 3. The lowest BCUT2D eigenvalue weighted by atomic mass is 10.2. The first-order chi connectivity index (χ1) is 9.63. The highest BCUT2D eigenvalue weighted by atomic mass is 32.1. The van der Waals surface area contributed by atoms with Gasteiger partial charge in [-0.2, -0.15) is 0 Å². The third kappa shape index (κ3) is 2.32. The molecule has 0 aliphatic rings. The summed E-state index contributed by atoms with van der Waals surface area (Å²) in [4.78, 5) is 15.1. The number of fused-ring (bicyclic) bond motifs is 1. The molecule has 0 amide bonds. The summed E-state index contributed by atoms with van der Waals surface area (Å²) in [5.74, 6) is 0.605. The molecular formula is C12H10N4O3S. The van der Waals surface area contributed by atoms with Crippen molar-refractivity contribution in [1.29, 1.82) is 0 Å². The maximum atomic E-state index is 11.1. The van der Waals surface area contributed by atoms with E-state index in [1.165, 1.54) is 17.5 Å². The van der Waals surface area contributed by atoms with Crippen molar-refractivity contribution in [2.75, 3.05) is 5.32 Å². The topological polar surface area (TPSA) is 94.1 Å². The zero-order valence-electron chi connectivity index (χ0n) is 10.5. The van der Waals surface area contributed by atoms with Crippen molar-refractivity contribution >= 4 is 32.9 Å². The Kier molecular flexibility index (Phi) is 3.07. The number of benzene rings is 1. The highest BCUT2D eigenvalue weighted by Crippen LogP contribution is 2.33. The fourth-order valence-corrected chi connectivity index (χ4v) is 2.73. The van der Waals surface area contributed by atoms with E-state index in [0.717, 1.165) is 15.2 Å². The molecule has 3 aromatic rings. The van der Waals surface area contributed by atoms with Crippen LogP contribution in [0.1, 0.15) is 10.8 Å². The first-order valence-electron chi connectivity index (χ1n) is 5.82. The van der Waals surface area contributed by atoms with Crippen LogP contribution in [-0.4, -0.2) is 15.1 Å². The molecule has 0 radical (unpaired) electrons. The minimum atomic E-state index is -0.406. The van der Waals surface area contributed by atoms with Crippen LogP contribution >= 0.6 is 11.3 Å². The van der Waals surface area contributed by atoms with Gasteiger partial charge in [0, 0.05) is 12.1 Å². The molecule has 0 unspecified atom stereocenters. The molecule has 8 heteroatoms. The van der Waals surface area contributed by atoms with Gasteiger partial charge in [0.15, 0.2) is 5.76 Å². The predicted molar refractivity (Wildman–Crippen MR) is 74.8 cm³/mol. The summed E-state index contributed by atoms with van der Waals surface area (Å²) in [6, 6.07) is 4.93. The number of aromatic nitrogens is 2. The molecule has 0 atom stereocenters. The number of nitro benzene ring substituents is 1. The number of rotatable bonds is 4. The van der Waals surface area contributed by atoms with Crippen LogP contribution in [0.25, 0.3) is 10.2 Å². The normalized spacial score (nSPS) is 10.8. The summed E-state index contributed by atoms with van der Waals surface area (Å²) in [5, 5.41) is 18.6. The van der Waals surface area contributed by atoms with E-state index in [-0.39, 0.29) is 5.69 Å². The quantitative estimate of drug-likeness (QED) is 0.586. The van der Waals surface area contributed by atoms with Gasteiger partial charge in [0.2, 0.25) is 0 Å². The average molecular weight is 290 g/mol. The number of nitro groups is 1. The summed E-state index contributed by atoms with van der Waals surface area (Å²) in [6.07, 6.45) is 1.53. The Balaban J connectivity index is 1.98. The standard InChI is InChI=1S/C12H10N4O3S/c1-7-15-10-4-9(13-6-8-2-3-14-19-8)11(16(17)18)5-12(10)20-7/h2-5,13H,6H2,1H3. The van der Waals surface area contributed by atoms with E-state index in [0.29, 0.717) is 18.0 Å². The van der Waals surface area contributed by atoms with Crippen molar-refractivity contribution in [3.63, 3.8) is 0 Å². The molecule has 2 aromatic heterocycles. The minimum Gasteiger partial charge on any atom is -0.372 e. The van der Waals surface area contributed by atoms with Crippen LogP contribution in [0.15, 0.2) is 28.9 Å². The van der Waals surface area contributed by atoms with Crippen molar-refractivity contribution in [2.45, 2.75) is 13.5 Å². The Morgan fingerprint density at radius 3 is 3.05 bits per heavy atom. The molecule has 0 saturated heterocycles. The Hall–Kier alpha value is -2.48.